The molecule has 0 aliphatic heterocycles. The number of para-hydroxylation sites is 1. The molecule has 0 aliphatic carbocycles. The fraction of sp³-hybridized carbons (Fsp3) is 0.375. The number of hydrogen-bond acceptors (Lipinski definition) is 4. The van der Waals surface area contributed by atoms with Crippen LogP contribution in [0.3, 0.4) is 0 Å². The average Bonchev–Trinajstić information content (AvgIpc) is 2.50. The van der Waals surface area contributed by atoms with Gasteiger partial charge in [-0.25, -0.2) is 4.98 Å². The molecule has 0 aliphatic rings. The SMILES string of the molecule is CSCCCCCNc1nc2ccccc2cc1C#N. The van der Waals surface area contributed by atoms with E-state index in [0.29, 0.717) is 11.4 Å². The second-order valence-corrected chi connectivity index (χ2v) is 5.65. The monoisotopic (exact) mass is 285 g/mol. The Hall–Kier alpha value is -1.73. The predicted molar refractivity (Wildman–Crippen MR) is 87.2 cm³/mol. The zero-order chi connectivity index (χ0) is 14.2. The summed E-state index contributed by atoms with van der Waals surface area (Å²) in [7, 11) is 0. The van der Waals surface area contributed by atoms with Crippen LogP contribution in [0.15, 0.2) is 30.3 Å². The van der Waals surface area contributed by atoms with Crippen LogP contribution in [0.4, 0.5) is 5.82 Å². The normalized spacial score (nSPS) is 10.4. The number of anilines is 1. The van der Waals surface area contributed by atoms with Crippen molar-refractivity contribution in [2.75, 3.05) is 23.9 Å². The van der Waals surface area contributed by atoms with Gasteiger partial charge in [-0.3, -0.25) is 0 Å². The van der Waals surface area contributed by atoms with E-state index in [1.54, 1.807) is 0 Å². The van der Waals surface area contributed by atoms with Gasteiger partial charge in [0.05, 0.1) is 11.1 Å². The van der Waals surface area contributed by atoms with E-state index >= 15 is 0 Å². The predicted octanol–water partition coefficient (Wildman–Crippen LogP) is 4.05. The summed E-state index contributed by atoms with van der Waals surface area (Å²) in [4.78, 5) is 4.54. The third-order valence-electron chi connectivity index (χ3n) is 3.16. The molecule has 1 heterocycles. The highest BCUT2D eigenvalue weighted by atomic mass is 32.2. The number of thioether (sulfide) groups is 1. The van der Waals surface area contributed by atoms with Crippen LogP contribution in [0.25, 0.3) is 10.9 Å². The van der Waals surface area contributed by atoms with Gasteiger partial charge in [0.2, 0.25) is 0 Å². The van der Waals surface area contributed by atoms with E-state index in [9.17, 15) is 5.26 Å². The zero-order valence-electron chi connectivity index (χ0n) is 11.7. The molecule has 0 radical (unpaired) electrons. The minimum atomic E-state index is 0.618. The van der Waals surface area contributed by atoms with Crippen molar-refractivity contribution in [2.45, 2.75) is 19.3 Å². The zero-order valence-corrected chi connectivity index (χ0v) is 12.5. The van der Waals surface area contributed by atoms with Crippen molar-refractivity contribution in [1.29, 1.82) is 5.26 Å². The topological polar surface area (TPSA) is 48.7 Å². The first kappa shape index (κ1) is 14.7. The smallest absolute Gasteiger partial charge is 0.144 e. The molecule has 0 fully saturated rings. The lowest BCUT2D eigenvalue weighted by atomic mass is 10.1. The number of aromatic nitrogens is 1. The molecule has 1 aromatic carbocycles. The van der Waals surface area contributed by atoms with Gasteiger partial charge in [-0.05, 0) is 37.0 Å². The van der Waals surface area contributed by atoms with E-state index in [1.165, 1.54) is 18.6 Å². The number of hydrogen-bond donors (Lipinski definition) is 1. The van der Waals surface area contributed by atoms with Gasteiger partial charge < -0.3 is 5.32 Å². The summed E-state index contributed by atoms with van der Waals surface area (Å²) in [6.45, 7) is 0.869. The van der Waals surface area contributed by atoms with Crippen LogP contribution in [-0.4, -0.2) is 23.5 Å². The summed E-state index contributed by atoms with van der Waals surface area (Å²) in [5.74, 6) is 1.92. The first-order valence-electron chi connectivity index (χ1n) is 6.88. The third kappa shape index (κ3) is 3.88. The molecule has 0 spiro atoms. The molecule has 1 aromatic heterocycles. The summed E-state index contributed by atoms with van der Waals surface area (Å²) >= 11 is 1.89. The Morgan fingerprint density at radius 1 is 1.25 bits per heavy atom. The number of unbranched alkanes of at least 4 members (excludes halogenated alkanes) is 2. The molecule has 4 heteroatoms. The quantitative estimate of drug-likeness (QED) is 0.780. The molecular formula is C16H19N3S. The highest BCUT2D eigenvalue weighted by molar-refractivity contribution is 7.98. The number of fused-ring (bicyclic) bond motifs is 1. The number of rotatable bonds is 7. The molecule has 1 N–H and O–H groups in total. The van der Waals surface area contributed by atoms with Crippen molar-refractivity contribution in [1.82, 2.24) is 4.98 Å². The van der Waals surface area contributed by atoms with Gasteiger partial charge in [-0.15, -0.1) is 0 Å². The van der Waals surface area contributed by atoms with Crippen molar-refractivity contribution >= 4 is 28.5 Å². The molecule has 20 heavy (non-hydrogen) atoms. The van der Waals surface area contributed by atoms with E-state index < -0.39 is 0 Å². The molecule has 0 atom stereocenters. The molecule has 0 amide bonds. The maximum Gasteiger partial charge on any atom is 0.144 e. The largest absolute Gasteiger partial charge is 0.369 e. The van der Waals surface area contributed by atoms with Crippen LogP contribution >= 0.6 is 11.8 Å². The third-order valence-corrected chi connectivity index (χ3v) is 3.86. The molecule has 0 saturated carbocycles. The van der Waals surface area contributed by atoms with Crippen molar-refractivity contribution in [3.05, 3.63) is 35.9 Å². The summed E-state index contributed by atoms with van der Waals surface area (Å²) in [5, 5.41) is 13.5. The number of pyridine rings is 1. The Balaban J connectivity index is 2.00. The molecule has 2 aromatic rings. The van der Waals surface area contributed by atoms with Gasteiger partial charge in [0.1, 0.15) is 11.9 Å². The van der Waals surface area contributed by atoms with Crippen LogP contribution in [0.1, 0.15) is 24.8 Å². The second-order valence-electron chi connectivity index (χ2n) is 4.67. The van der Waals surface area contributed by atoms with Crippen LogP contribution in [0.5, 0.6) is 0 Å². The Bertz CT molecular complexity index is 604. The molecule has 104 valence electrons. The maximum absolute atomic E-state index is 9.22. The molecule has 0 saturated heterocycles. The van der Waals surface area contributed by atoms with Gasteiger partial charge >= 0.3 is 0 Å². The molecule has 2 rings (SSSR count). The number of nitrogens with zero attached hydrogens (tertiary/aromatic N) is 2. The Labute approximate surface area is 124 Å². The average molecular weight is 285 g/mol. The minimum Gasteiger partial charge on any atom is -0.369 e. The van der Waals surface area contributed by atoms with E-state index in [-0.39, 0.29) is 0 Å². The van der Waals surface area contributed by atoms with Gasteiger partial charge in [-0.1, -0.05) is 24.6 Å². The Kier molecular flexibility index (Phi) is 5.69. The first-order valence-corrected chi connectivity index (χ1v) is 8.27. The van der Waals surface area contributed by atoms with Crippen molar-refractivity contribution in [3.63, 3.8) is 0 Å². The van der Waals surface area contributed by atoms with E-state index in [2.05, 4.69) is 22.6 Å². The van der Waals surface area contributed by atoms with E-state index in [4.69, 9.17) is 0 Å². The summed E-state index contributed by atoms with van der Waals surface area (Å²) in [5.41, 5.74) is 1.55. The standard InChI is InChI=1S/C16H19N3S/c1-20-10-6-2-5-9-18-16-14(12-17)11-13-7-3-4-8-15(13)19-16/h3-4,7-8,11H,2,5-6,9-10H2,1H3,(H,18,19). The lowest BCUT2D eigenvalue weighted by Gasteiger charge is -2.08. The van der Waals surface area contributed by atoms with Gasteiger partial charge in [0.25, 0.3) is 0 Å². The summed E-state index contributed by atoms with van der Waals surface area (Å²) < 4.78 is 0. The highest BCUT2D eigenvalue weighted by Crippen LogP contribution is 2.19. The summed E-state index contributed by atoms with van der Waals surface area (Å²) in [6, 6.07) is 12.0. The number of benzene rings is 1. The van der Waals surface area contributed by atoms with Crippen molar-refractivity contribution < 1.29 is 0 Å². The lowest BCUT2D eigenvalue weighted by Crippen LogP contribution is -2.05. The first-order chi connectivity index (χ1) is 9.85. The van der Waals surface area contributed by atoms with Crippen LogP contribution < -0.4 is 5.32 Å². The lowest BCUT2D eigenvalue weighted by molar-refractivity contribution is 0.748. The van der Waals surface area contributed by atoms with Crippen LogP contribution in [0.2, 0.25) is 0 Å². The van der Waals surface area contributed by atoms with Gasteiger partial charge in [0, 0.05) is 11.9 Å². The molecule has 3 nitrogen and oxygen atoms in total. The Morgan fingerprint density at radius 3 is 2.90 bits per heavy atom. The second kappa shape index (κ2) is 7.76. The van der Waals surface area contributed by atoms with Crippen LogP contribution in [0, 0.1) is 11.3 Å². The van der Waals surface area contributed by atoms with E-state index in [0.717, 1.165) is 23.9 Å². The highest BCUT2D eigenvalue weighted by Gasteiger charge is 2.05. The summed E-state index contributed by atoms with van der Waals surface area (Å²) in [6.07, 6.45) is 5.71. The maximum atomic E-state index is 9.22. The molecule has 0 bridgehead atoms. The molecular weight excluding hydrogens is 266 g/mol. The van der Waals surface area contributed by atoms with Gasteiger partial charge in [-0.2, -0.15) is 17.0 Å². The fourth-order valence-corrected chi connectivity index (χ4v) is 2.58. The van der Waals surface area contributed by atoms with Crippen LogP contribution in [-0.2, 0) is 0 Å². The minimum absolute atomic E-state index is 0.618. The van der Waals surface area contributed by atoms with Gasteiger partial charge in [0.15, 0.2) is 0 Å². The number of nitriles is 1. The van der Waals surface area contributed by atoms with Crippen molar-refractivity contribution in [2.24, 2.45) is 0 Å². The number of nitrogens with one attached hydrogen (secondary N) is 1. The Morgan fingerprint density at radius 2 is 2.10 bits per heavy atom. The molecule has 0 unspecified atom stereocenters. The van der Waals surface area contributed by atoms with Crippen molar-refractivity contribution in [3.8, 4) is 6.07 Å². The van der Waals surface area contributed by atoms with E-state index in [1.807, 2.05) is 42.1 Å². The fourth-order valence-electron chi connectivity index (χ4n) is 2.09.